The van der Waals surface area contributed by atoms with Crippen molar-refractivity contribution in [2.24, 2.45) is 0 Å². The van der Waals surface area contributed by atoms with Gasteiger partial charge in [-0.3, -0.25) is 4.90 Å². The van der Waals surface area contributed by atoms with Gasteiger partial charge < -0.3 is 4.90 Å². The molecule has 0 radical (unpaired) electrons. The summed E-state index contributed by atoms with van der Waals surface area (Å²) in [6.07, 6.45) is 2.37. The molecule has 0 unspecified atom stereocenters. The first-order valence-corrected chi connectivity index (χ1v) is 9.03. The Balaban J connectivity index is 1.59. The average Bonchev–Trinajstić information content (AvgIpc) is 2.67. The van der Waals surface area contributed by atoms with Crippen molar-refractivity contribution < 1.29 is 0 Å². The summed E-state index contributed by atoms with van der Waals surface area (Å²) in [7, 11) is 0. The number of likely N-dealkylation sites (N-methyl/N-ethyl adjacent to an activating group) is 1. The van der Waals surface area contributed by atoms with Crippen LogP contribution in [-0.4, -0.2) is 49.1 Å². The topological polar surface area (TPSA) is 6.48 Å². The highest BCUT2D eigenvalue weighted by Crippen LogP contribution is 2.22. The van der Waals surface area contributed by atoms with Gasteiger partial charge in [-0.15, -0.1) is 0 Å². The van der Waals surface area contributed by atoms with Crippen LogP contribution >= 0.6 is 0 Å². The molecule has 3 rings (SSSR count). The van der Waals surface area contributed by atoms with Gasteiger partial charge in [0.1, 0.15) is 0 Å². The second-order valence-electron chi connectivity index (χ2n) is 6.57. The summed E-state index contributed by atoms with van der Waals surface area (Å²) in [5, 5.41) is 0. The van der Waals surface area contributed by atoms with Crippen molar-refractivity contribution in [3.8, 4) is 11.1 Å². The van der Waals surface area contributed by atoms with E-state index in [1.165, 1.54) is 55.0 Å². The van der Waals surface area contributed by atoms with Gasteiger partial charge in [-0.05, 0) is 35.7 Å². The maximum Gasteiger partial charge on any atom is 0.0170 e. The van der Waals surface area contributed by atoms with Crippen molar-refractivity contribution in [2.75, 3.05) is 39.3 Å². The van der Waals surface area contributed by atoms with Gasteiger partial charge in [0.15, 0.2) is 0 Å². The summed E-state index contributed by atoms with van der Waals surface area (Å²) in [5.41, 5.74) is 5.25. The van der Waals surface area contributed by atoms with Crippen LogP contribution in [0, 0.1) is 0 Å². The molecule has 1 saturated heterocycles. The number of hydrogen-bond acceptors (Lipinski definition) is 2. The van der Waals surface area contributed by atoms with Crippen LogP contribution in [0.3, 0.4) is 0 Å². The van der Waals surface area contributed by atoms with Gasteiger partial charge in [0, 0.05) is 32.7 Å². The normalized spacial score (nSPS) is 17.2. The summed E-state index contributed by atoms with van der Waals surface area (Å²) in [6.45, 7) is 11.5. The third kappa shape index (κ3) is 4.34. The van der Waals surface area contributed by atoms with E-state index in [1.807, 2.05) is 0 Å². The molecule has 1 aliphatic heterocycles. The molecule has 0 spiro atoms. The lowest BCUT2D eigenvalue weighted by Gasteiger charge is -2.33. The van der Waals surface area contributed by atoms with E-state index in [2.05, 4.69) is 84.3 Å². The van der Waals surface area contributed by atoms with Gasteiger partial charge in [-0.25, -0.2) is 0 Å². The SMILES string of the molecule is CCN1CCN(CC=C(C)c2ccc(-c3ccccc3)cc2)CC1. The number of piperazine rings is 1. The largest absolute Gasteiger partial charge is 0.301 e. The summed E-state index contributed by atoms with van der Waals surface area (Å²) in [5.74, 6) is 0. The molecule has 0 N–H and O–H groups in total. The number of nitrogens with zero attached hydrogens (tertiary/aromatic N) is 2. The Kier molecular flexibility index (Phi) is 5.84. The lowest BCUT2D eigenvalue weighted by molar-refractivity contribution is 0.148. The lowest BCUT2D eigenvalue weighted by atomic mass is 10.0. The van der Waals surface area contributed by atoms with E-state index < -0.39 is 0 Å². The van der Waals surface area contributed by atoms with Crippen LogP contribution in [0.4, 0.5) is 0 Å². The number of hydrogen-bond donors (Lipinski definition) is 0. The van der Waals surface area contributed by atoms with Gasteiger partial charge in [0.05, 0.1) is 0 Å². The van der Waals surface area contributed by atoms with E-state index in [1.54, 1.807) is 0 Å². The van der Waals surface area contributed by atoms with E-state index in [4.69, 9.17) is 0 Å². The molecule has 0 aromatic heterocycles. The molecule has 0 amide bonds. The highest BCUT2D eigenvalue weighted by atomic mass is 15.2. The monoisotopic (exact) mass is 320 g/mol. The summed E-state index contributed by atoms with van der Waals surface area (Å²) in [6, 6.07) is 19.5. The van der Waals surface area contributed by atoms with Crippen molar-refractivity contribution in [3.05, 3.63) is 66.2 Å². The molecule has 1 heterocycles. The predicted molar refractivity (Wildman–Crippen MR) is 104 cm³/mol. The average molecular weight is 320 g/mol. The summed E-state index contributed by atoms with van der Waals surface area (Å²) < 4.78 is 0. The molecule has 2 heteroatoms. The Labute approximate surface area is 146 Å². The molecule has 1 aliphatic rings. The van der Waals surface area contributed by atoms with E-state index >= 15 is 0 Å². The molecule has 24 heavy (non-hydrogen) atoms. The van der Waals surface area contributed by atoms with E-state index in [-0.39, 0.29) is 0 Å². The maximum absolute atomic E-state index is 2.55. The van der Waals surface area contributed by atoms with E-state index in [0.717, 1.165) is 6.54 Å². The second-order valence-corrected chi connectivity index (χ2v) is 6.57. The zero-order chi connectivity index (χ0) is 16.8. The molecule has 0 aliphatic carbocycles. The molecule has 1 fully saturated rings. The first-order chi connectivity index (χ1) is 11.8. The highest BCUT2D eigenvalue weighted by molar-refractivity contribution is 5.69. The number of rotatable bonds is 5. The van der Waals surface area contributed by atoms with Crippen LogP contribution in [-0.2, 0) is 0 Å². The Morgan fingerprint density at radius 3 is 2.04 bits per heavy atom. The van der Waals surface area contributed by atoms with Gasteiger partial charge in [-0.1, -0.05) is 67.6 Å². The summed E-state index contributed by atoms with van der Waals surface area (Å²) >= 11 is 0. The van der Waals surface area contributed by atoms with Crippen molar-refractivity contribution in [3.63, 3.8) is 0 Å². The molecule has 2 aromatic rings. The van der Waals surface area contributed by atoms with Gasteiger partial charge in [-0.2, -0.15) is 0 Å². The Bertz CT molecular complexity index is 650. The quantitative estimate of drug-likeness (QED) is 0.806. The molecule has 0 atom stereocenters. The predicted octanol–water partition coefficient (Wildman–Crippen LogP) is 4.39. The van der Waals surface area contributed by atoms with E-state index in [0.29, 0.717) is 0 Å². The van der Waals surface area contributed by atoms with Gasteiger partial charge >= 0.3 is 0 Å². The van der Waals surface area contributed by atoms with E-state index in [9.17, 15) is 0 Å². The third-order valence-corrected chi connectivity index (χ3v) is 5.02. The third-order valence-electron chi connectivity index (χ3n) is 5.02. The second kappa shape index (κ2) is 8.27. The van der Waals surface area contributed by atoms with Crippen LogP contribution in [0.5, 0.6) is 0 Å². The number of allylic oxidation sites excluding steroid dienone is 1. The van der Waals surface area contributed by atoms with Crippen LogP contribution < -0.4 is 0 Å². The van der Waals surface area contributed by atoms with Crippen molar-refractivity contribution >= 4 is 5.57 Å². The fourth-order valence-corrected chi connectivity index (χ4v) is 3.23. The first-order valence-electron chi connectivity index (χ1n) is 9.03. The Hall–Kier alpha value is -1.90. The molecule has 0 saturated carbocycles. The summed E-state index contributed by atoms with van der Waals surface area (Å²) in [4.78, 5) is 5.07. The standard InChI is InChI=1S/C22H28N2/c1-3-23-15-17-24(18-16-23)14-13-19(2)20-9-11-22(12-10-20)21-7-5-4-6-8-21/h4-13H,3,14-18H2,1-2H3. The van der Waals surface area contributed by atoms with Crippen LogP contribution in [0.25, 0.3) is 16.7 Å². The minimum Gasteiger partial charge on any atom is -0.301 e. The minimum absolute atomic E-state index is 1.06. The van der Waals surface area contributed by atoms with Crippen molar-refractivity contribution in [1.29, 1.82) is 0 Å². The highest BCUT2D eigenvalue weighted by Gasteiger charge is 2.14. The Morgan fingerprint density at radius 1 is 0.833 bits per heavy atom. The molecule has 2 aromatic carbocycles. The molecular weight excluding hydrogens is 292 g/mol. The zero-order valence-corrected chi connectivity index (χ0v) is 14.9. The fraction of sp³-hybridized carbons (Fsp3) is 0.364. The smallest absolute Gasteiger partial charge is 0.0170 e. The molecule has 2 nitrogen and oxygen atoms in total. The molecule has 0 bridgehead atoms. The Morgan fingerprint density at radius 2 is 1.42 bits per heavy atom. The zero-order valence-electron chi connectivity index (χ0n) is 14.9. The van der Waals surface area contributed by atoms with Gasteiger partial charge in [0.25, 0.3) is 0 Å². The maximum atomic E-state index is 2.55. The lowest BCUT2D eigenvalue weighted by Crippen LogP contribution is -2.46. The van der Waals surface area contributed by atoms with Gasteiger partial charge in [0.2, 0.25) is 0 Å². The van der Waals surface area contributed by atoms with Crippen molar-refractivity contribution in [2.45, 2.75) is 13.8 Å². The van der Waals surface area contributed by atoms with Crippen LogP contribution in [0.1, 0.15) is 19.4 Å². The van der Waals surface area contributed by atoms with Crippen LogP contribution in [0.2, 0.25) is 0 Å². The van der Waals surface area contributed by atoms with Crippen LogP contribution in [0.15, 0.2) is 60.7 Å². The van der Waals surface area contributed by atoms with Crippen molar-refractivity contribution in [1.82, 2.24) is 9.80 Å². The molecule has 126 valence electrons. The number of benzene rings is 2. The first kappa shape index (κ1) is 16.9. The fourth-order valence-electron chi connectivity index (χ4n) is 3.23. The molecular formula is C22H28N2. The minimum atomic E-state index is 1.06.